The molecule has 74 valence electrons. The molecule has 0 atom stereocenters. The summed E-state index contributed by atoms with van der Waals surface area (Å²) in [5, 5.41) is 3.60. The van der Waals surface area contributed by atoms with Crippen molar-refractivity contribution in [2.45, 2.75) is 0 Å². The summed E-state index contributed by atoms with van der Waals surface area (Å²) in [6, 6.07) is 0. The van der Waals surface area contributed by atoms with Crippen LogP contribution in [0.4, 0.5) is 0 Å². The Morgan fingerprint density at radius 1 is 1.07 bits per heavy atom. The molecule has 0 aromatic heterocycles. The maximum absolute atomic E-state index is 5.69. The summed E-state index contributed by atoms with van der Waals surface area (Å²) >= 11 is 5.69. The smallest absolute Gasteiger partial charge is 0.0400 e. The summed E-state index contributed by atoms with van der Waals surface area (Å²) in [5.74, 6) is 0. The van der Waals surface area contributed by atoms with Crippen molar-refractivity contribution in [1.82, 2.24) is 5.32 Å². The van der Waals surface area contributed by atoms with Gasteiger partial charge in [0.25, 0.3) is 0 Å². The molecule has 0 aromatic rings. The molecular weight excluding hydrogens is 194 g/mol. The molecule has 0 fully saturated rings. The first kappa shape index (κ1) is 12.5. The molecule has 0 saturated heterocycles. The van der Waals surface area contributed by atoms with Gasteiger partial charge in [-0.25, -0.2) is 0 Å². The first-order chi connectivity index (χ1) is 6.74. The van der Waals surface area contributed by atoms with E-state index in [-0.39, 0.29) is 0 Å². The van der Waals surface area contributed by atoms with E-state index in [2.05, 4.69) is 25.1 Å². The van der Waals surface area contributed by atoms with Gasteiger partial charge in [-0.3, -0.25) is 0 Å². The average Bonchev–Trinajstić information content (AvgIpc) is 2.22. The van der Waals surface area contributed by atoms with Crippen LogP contribution in [0.15, 0.2) is 73.1 Å². The van der Waals surface area contributed by atoms with E-state index in [4.69, 9.17) is 11.6 Å². The van der Waals surface area contributed by atoms with Gasteiger partial charge < -0.3 is 5.32 Å². The Morgan fingerprint density at radius 3 is 2.29 bits per heavy atom. The van der Waals surface area contributed by atoms with Crippen molar-refractivity contribution in [1.29, 1.82) is 0 Å². The van der Waals surface area contributed by atoms with Crippen LogP contribution >= 0.6 is 11.6 Å². The van der Waals surface area contributed by atoms with Gasteiger partial charge in [-0.05, 0) is 24.3 Å². The van der Waals surface area contributed by atoms with Gasteiger partial charge in [0.2, 0.25) is 0 Å². The second-order valence-corrected chi connectivity index (χ2v) is 2.76. The van der Waals surface area contributed by atoms with E-state index in [1.807, 2.05) is 6.08 Å². The van der Waals surface area contributed by atoms with Gasteiger partial charge in [0.15, 0.2) is 0 Å². The fourth-order valence-electron chi connectivity index (χ4n) is 0.654. The van der Waals surface area contributed by atoms with E-state index in [1.54, 1.807) is 36.6 Å². The van der Waals surface area contributed by atoms with Crippen LogP contribution in [0.5, 0.6) is 0 Å². The predicted octanol–water partition coefficient (Wildman–Crippen LogP) is 3.65. The molecule has 0 spiro atoms. The highest BCUT2D eigenvalue weighted by atomic mass is 35.5. The molecule has 0 unspecified atom stereocenters. The molecule has 0 aliphatic heterocycles. The number of allylic oxidation sites excluding steroid dienone is 7. The zero-order valence-corrected chi connectivity index (χ0v) is 8.80. The zero-order chi connectivity index (χ0) is 10.8. The lowest BCUT2D eigenvalue weighted by atomic mass is 10.4. The standard InChI is InChI=1S/C12H14ClN/c1-4-8-12(6-3)14-10-7-9-11(13)5-2/h4-10,14H,1-3H2/b10-7+,11-9+,12-8+. The summed E-state index contributed by atoms with van der Waals surface area (Å²) in [5.41, 5.74) is 0.874. The minimum atomic E-state index is 0.593. The lowest BCUT2D eigenvalue weighted by molar-refractivity contribution is 1.11. The van der Waals surface area contributed by atoms with E-state index in [0.29, 0.717) is 5.03 Å². The Morgan fingerprint density at radius 2 is 1.79 bits per heavy atom. The fraction of sp³-hybridized carbons (Fsp3) is 0. The molecule has 0 aliphatic carbocycles. The van der Waals surface area contributed by atoms with Gasteiger partial charge in [0.1, 0.15) is 0 Å². The lowest BCUT2D eigenvalue weighted by Crippen LogP contribution is -2.00. The predicted molar refractivity (Wildman–Crippen MR) is 64.9 cm³/mol. The summed E-state index contributed by atoms with van der Waals surface area (Å²) in [7, 11) is 0. The highest BCUT2D eigenvalue weighted by Gasteiger charge is 1.82. The monoisotopic (exact) mass is 207 g/mol. The molecule has 14 heavy (non-hydrogen) atoms. The van der Waals surface area contributed by atoms with E-state index < -0.39 is 0 Å². The van der Waals surface area contributed by atoms with E-state index in [9.17, 15) is 0 Å². The largest absolute Gasteiger partial charge is 0.362 e. The van der Waals surface area contributed by atoms with Crippen LogP contribution in [0, 0.1) is 0 Å². The molecular formula is C12H14ClN. The molecule has 0 heterocycles. The third kappa shape index (κ3) is 6.09. The van der Waals surface area contributed by atoms with Gasteiger partial charge in [0.05, 0.1) is 0 Å². The van der Waals surface area contributed by atoms with Crippen molar-refractivity contribution in [3.63, 3.8) is 0 Å². The minimum absolute atomic E-state index is 0.593. The molecule has 0 rings (SSSR count). The molecule has 0 bridgehead atoms. The number of hydrogen-bond acceptors (Lipinski definition) is 1. The third-order valence-corrected chi connectivity index (χ3v) is 1.59. The van der Waals surface area contributed by atoms with Crippen molar-refractivity contribution < 1.29 is 0 Å². The van der Waals surface area contributed by atoms with E-state index in [1.165, 1.54) is 0 Å². The van der Waals surface area contributed by atoms with Crippen LogP contribution in [-0.2, 0) is 0 Å². The average molecular weight is 208 g/mol. The summed E-state index contributed by atoms with van der Waals surface area (Å²) < 4.78 is 0. The minimum Gasteiger partial charge on any atom is -0.362 e. The maximum atomic E-state index is 5.69. The summed E-state index contributed by atoms with van der Waals surface area (Å²) in [6.07, 6.45) is 12.0. The highest BCUT2D eigenvalue weighted by Crippen LogP contribution is 2.00. The van der Waals surface area contributed by atoms with Gasteiger partial charge in [-0.2, -0.15) is 0 Å². The molecule has 2 heteroatoms. The summed E-state index contributed by atoms with van der Waals surface area (Å²) in [4.78, 5) is 0. The van der Waals surface area contributed by atoms with Crippen LogP contribution in [0.2, 0.25) is 0 Å². The Labute approximate surface area is 90.5 Å². The number of halogens is 1. The Balaban J connectivity index is 4.16. The molecule has 1 nitrogen and oxygen atoms in total. The SMILES string of the molecule is C=C/C=C(\C=C)N/C=C/C=C(/Cl)C=C. The Kier molecular flexibility index (Phi) is 7.29. The second kappa shape index (κ2) is 8.14. The van der Waals surface area contributed by atoms with Crippen LogP contribution in [0.1, 0.15) is 0 Å². The quantitative estimate of drug-likeness (QED) is 0.656. The fourth-order valence-corrected chi connectivity index (χ4v) is 0.727. The maximum Gasteiger partial charge on any atom is 0.0400 e. The Hall–Kier alpha value is -1.47. The second-order valence-electron chi connectivity index (χ2n) is 2.32. The van der Waals surface area contributed by atoms with Crippen LogP contribution < -0.4 is 5.32 Å². The molecule has 0 aromatic carbocycles. The first-order valence-electron chi connectivity index (χ1n) is 4.11. The van der Waals surface area contributed by atoms with Crippen LogP contribution in [0.3, 0.4) is 0 Å². The summed E-state index contributed by atoms with van der Waals surface area (Å²) in [6.45, 7) is 10.7. The van der Waals surface area contributed by atoms with Crippen LogP contribution in [-0.4, -0.2) is 0 Å². The first-order valence-corrected chi connectivity index (χ1v) is 4.49. The van der Waals surface area contributed by atoms with Gasteiger partial charge in [-0.15, -0.1) is 0 Å². The van der Waals surface area contributed by atoms with Gasteiger partial charge in [-0.1, -0.05) is 43.5 Å². The normalized spacial score (nSPS) is 12.6. The van der Waals surface area contributed by atoms with E-state index in [0.717, 1.165) is 5.70 Å². The molecule has 0 saturated carbocycles. The third-order valence-electron chi connectivity index (χ3n) is 1.31. The Bertz CT molecular complexity index is 295. The van der Waals surface area contributed by atoms with Crippen molar-refractivity contribution >= 4 is 11.6 Å². The van der Waals surface area contributed by atoms with Crippen molar-refractivity contribution in [2.24, 2.45) is 0 Å². The van der Waals surface area contributed by atoms with E-state index >= 15 is 0 Å². The molecule has 1 N–H and O–H groups in total. The van der Waals surface area contributed by atoms with Gasteiger partial charge in [0, 0.05) is 16.9 Å². The molecule has 0 amide bonds. The lowest BCUT2D eigenvalue weighted by Gasteiger charge is -1.97. The number of rotatable bonds is 6. The van der Waals surface area contributed by atoms with Crippen molar-refractivity contribution in [2.75, 3.05) is 0 Å². The van der Waals surface area contributed by atoms with Crippen LogP contribution in [0.25, 0.3) is 0 Å². The zero-order valence-electron chi connectivity index (χ0n) is 8.04. The molecule has 0 radical (unpaired) electrons. The van der Waals surface area contributed by atoms with Gasteiger partial charge >= 0.3 is 0 Å². The highest BCUT2D eigenvalue weighted by molar-refractivity contribution is 6.31. The molecule has 0 aliphatic rings. The number of nitrogens with one attached hydrogen (secondary N) is 1. The van der Waals surface area contributed by atoms with Crippen molar-refractivity contribution in [3.8, 4) is 0 Å². The number of hydrogen-bond donors (Lipinski definition) is 1. The topological polar surface area (TPSA) is 12.0 Å². The van der Waals surface area contributed by atoms with Crippen molar-refractivity contribution in [3.05, 3.63) is 73.1 Å².